The molecule has 1 amide bonds. The summed E-state index contributed by atoms with van der Waals surface area (Å²) < 4.78 is 10.5. The molecular weight excluding hydrogens is 210 g/mol. The van der Waals surface area contributed by atoms with E-state index in [1.54, 1.807) is 4.90 Å². The fourth-order valence-electron chi connectivity index (χ4n) is 1.43. The summed E-state index contributed by atoms with van der Waals surface area (Å²) in [6, 6.07) is -0.256. The highest BCUT2D eigenvalue weighted by Gasteiger charge is 2.29. The Hall–Kier alpha value is -1.23. The van der Waals surface area contributed by atoms with Gasteiger partial charge < -0.3 is 14.6 Å². The van der Waals surface area contributed by atoms with Gasteiger partial charge in [0.05, 0.1) is 25.5 Å². The van der Waals surface area contributed by atoms with Crippen LogP contribution in [0.1, 0.15) is 20.8 Å². The van der Waals surface area contributed by atoms with Gasteiger partial charge in [0.1, 0.15) is 5.60 Å². The Labute approximate surface area is 95.6 Å². The van der Waals surface area contributed by atoms with Gasteiger partial charge in [-0.25, -0.2) is 4.79 Å². The van der Waals surface area contributed by atoms with Crippen LogP contribution in [0, 0.1) is 0 Å². The quantitative estimate of drug-likeness (QED) is 0.695. The lowest BCUT2D eigenvalue weighted by Gasteiger charge is -2.34. The minimum absolute atomic E-state index is 0.256. The third-order valence-electron chi connectivity index (χ3n) is 2.10. The van der Waals surface area contributed by atoms with E-state index < -0.39 is 5.60 Å². The molecule has 1 fully saturated rings. The average molecular weight is 229 g/mol. The molecule has 1 heterocycles. The van der Waals surface area contributed by atoms with Crippen molar-refractivity contribution in [2.75, 3.05) is 19.8 Å². The fraction of sp³-hybridized carbons (Fsp3) is 0.727. The molecule has 0 saturated carbocycles. The van der Waals surface area contributed by atoms with E-state index in [-0.39, 0.29) is 12.1 Å². The van der Waals surface area contributed by atoms with Gasteiger partial charge in [-0.1, -0.05) is 0 Å². The fourth-order valence-corrected chi connectivity index (χ4v) is 1.43. The zero-order valence-corrected chi connectivity index (χ0v) is 9.97. The SMILES string of the molecule is CC(C)(C)OC(=O)N1CCOCC1/C=C/O. The van der Waals surface area contributed by atoms with E-state index in [1.165, 1.54) is 6.08 Å². The molecule has 1 unspecified atom stereocenters. The Morgan fingerprint density at radius 3 is 2.81 bits per heavy atom. The molecule has 1 N–H and O–H groups in total. The van der Waals surface area contributed by atoms with E-state index >= 15 is 0 Å². The third-order valence-corrected chi connectivity index (χ3v) is 2.10. The molecule has 0 aromatic heterocycles. The van der Waals surface area contributed by atoms with Crippen LogP contribution in [0.15, 0.2) is 12.3 Å². The number of carbonyl (C=O) groups excluding carboxylic acids is 1. The summed E-state index contributed by atoms with van der Waals surface area (Å²) in [6.45, 7) is 6.82. The third kappa shape index (κ3) is 3.73. The highest BCUT2D eigenvalue weighted by molar-refractivity contribution is 5.69. The topological polar surface area (TPSA) is 59.0 Å². The number of ether oxygens (including phenoxy) is 2. The lowest BCUT2D eigenvalue weighted by Crippen LogP contribution is -2.49. The molecule has 0 radical (unpaired) electrons. The van der Waals surface area contributed by atoms with Crippen LogP contribution in [0.5, 0.6) is 0 Å². The Morgan fingerprint density at radius 2 is 2.25 bits per heavy atom. The summed E-state index contributed by atoms with van der Waals surface area (Å²) in [5.74, 6) is 0. The standard InChI is InChI=1S/C11H19NO4/c1-11(2,3)16-10(14)12-5-7-15-8-9(12)4-6-13/h4,6,9,13H,5,7-8H2,1-3H3/b6-4+. The number of amides is 1. The number of aliphatic hydroxyl groups is 1. The molecule has 1 saturated heterocycles. The maximum Gasteiger partial charge on any atom is 0.410 e. The van der Waals surface area contributed by atoms with Gasteiger partial charge in [-0.05, 0) is 26.8 Å². The first kappa shape index (κ1) is 12.8. The zero-order valence-electron chi connectivity index (χ0n) is 9.97. The molecule has 1 rings (SSSR count). The first-order valence-corrected chi connectivity index (χ1v) is 5.32. The van der Waals surface area contributed by atoms with Crippen molar-refractivity contribution in [3.05, 3.63) is 12.3 Å². The predicted molar refractivity (Wildman–Crippen MR) is 59.3 cm³/mol. The summed E-state index contributed by atoms with van der Waals surface area (Å²) in [5, 5.41) is 8.74. The highest BCUT2D eigenvalue weighted by atomic mass is 16.6. The predicted octanol–water partition coefficient (Wildman–Crippen LogP) is 1.69. The van der Waals surface area contributed by atoms with Crippen molar-refractivity contribution >= 4 is 6.09 Å². The summed E-state index contributed by atoms with van der Waals surface area (Å²) in [4.78, 5) is 13.4. The number of morpholine rings is 1. The van der Waals surface area contributed by atoms with Gasteiger partial charge in [0.25, 0.3) is 0 Å². The van der Waals surface area contributed by atoms with Gasteiger partial charge in [0.15, 0.2) is 0 Å². The Kier molecular flexibility index (Phi) is 4.18. The van der Waals surface area contributed by atoms with Crippen molar-refractivity contribution < 1.29 is 19.4 Å². The molecular formula is C11H19NO4. The summed E-state index contributed by atoms with van der Waals surface area (Å²) >= 11 is 0. The van der Waals surface area contributed by atoms with Gasteiger partial charge >= 0.3 is 6.09 Å². The lowest BCUT2D eigenvalue weighted by atomic mass is 10.2. The normalized spacial score (nSPS) is 22.4. The molecule has 1 atom stereocenters. The van der Waals surface area contributed by atoms with Gasteiger partial charge in [-0.15, -0.1) is 0 Å². The van der Waals surface area contributed by atoms with Gasteiger partial charge in [0.2, 0.25) is 0 Å². The number of aliphatic hydroxyl groups excluding tert-OH is 1. The molecule has 5 heteroatoms. The zero-order chi connectivity index (χ0) is 12.2. The number of hydrogen-bond donors (Lipinski definition) is 1. The molecule has 0 aromatic carbocycles. The van der Waals surface area contributed by atoms with Crippen molar-refractivity contribution in [2.24, 2.45) is 0 Å². The van der Waals surface area contributed by atoms with E-state index in [0.717, 1.165) is 6.26 Å². The molecule has 1 aliphatic rings. The van der Waals surface area contributed by atoms with Crippen LogP contribution in [0.4, 0.5) is 4.79 Å². The molecule has 5 nitrogen and oxygen atoms in total. The van der Waals surface area contributed by atoms with E-state index in [1.807, 2.05) is 20.8 Å². The monoisotopic (exact) mass is 229 g/mol. The van der Waals surface area contributed by atoms with E-state index in [4.69, 9.17) is 14.6 Å². The second-order valence-electron chi connectivity index (χ2n) is 4.66. The van der Waals surface area contributed by atoms with Crippen LogP contribution in [-0.2, 0) is 9.47 Å². The summed E-state index contributed by atoms with van der Waals surface area (Å²) in [7, 11) is 0. The smallest absolute Gasteiger partial charge is 0.410 e. The Bertz CT molecular complexity index is 270. The Balaban J connectivity index is 2.64. The van der Waals surface area contributed by atoms with Crippen LogP contribution < -0.4 is 0 Å². The van der Waals surface area contributed by atoms with Crippen LogP contribution in [0.3, 0.4) is 0 Å². The van der Waals surface area contributed by atoms with Crippen molar-refractivity contribution in [2.45, 2.75) is 32.4 Å². The van der Waals surface area contributed by atoms with Crippen LogP contribution in [-0.4, -0.2) is 47.5 Å². The Morgan fingerprint density at radius 1 is 1.56 bits per heavy atom. The maximum absolute atomic E-state index is 11.8. The summed E-state index contributed by atoms with van der Waals surface area (Å²) in [6.07, 6.45) is 2.07. The molecule has 92 valence electrons. The molecule has 1 aliphatic heterocycles. The molecule has 0 aromatic rings. The van der Waals surface area contributed by atoms with Crippen LogP contribution >= 0.6 is 0 Å². The minimum atomic E-state index is -0.511. The number of nitrogens with zero attached hydrogens (tertiary/aromatic N) is 1. The maximum atomic E-state index is 11.8. The molecule has 0 aliphatic carbocycles. The molecule has 16 heavy (non-hydrogen) atoms. The van der Waals surface area contributed by atoms with Crippen molar-refractivity contribution in [1.82, 2.24) is 4.90 Å². The largest absolute Gasteiger partial charge is 0.516 e. The first-order chi connectivity index (χ1) is 7.44. The van der Waals surface area contributed by atoms with Crippen LogP contribution in [0.2, 0.25) is 0 Å². The second-order valence-corrected chi connectivity index (χ2v) is 4.66. The lowest BCUT2D eigenvalue weighted by molar-refractivity contribution is -0.0220. The number of hydrogen-bond acceptors (Lipinski definition) is 4. The van der Waals surface area contributed by atoms with Crippen molar-refractivity contribution in [3.8, 4) is 0 Å². The van der Waals surface area contributed by atoms with Crippen molar-refractivity contribution in [1.29, 1.82) is 0 Å². The number of rotatable bonds is 1. The van der Waals surface area contributed by atoms with Gasteiger partial charge in [-0.3, -0.25) is 4.90 Å². The first-order valence-electron chi connectivity index (χ1n) is 5.32. The van der Waals surface area contributed by atoms with Crippen LogP contribution in [0.25, 0.3) is 0 Å². The van der Waals surface area contributed by atoms with Crippen molar-refractivity contribution in [3.63, 3.8) is 0 Å². The molecule has 0 spiro atoms. The average Bonchev–Trinajstić information content (AvgIpc) is 2.16. The van der Waals surface area contributed by atoms with E-state index in [0.29, 0.717) is 19.8 Å². The number of carbonyl (C=O) groups is 1. The van der Waals surface area contributed by atoms with E-state index in [9.17, 15) is 4.79 Å². The van der Waals surface area contributed by atoms with E-state index in [2.05, 4.69) is 0 Å². The summed E-state index contributed by atoms with van der Waals surface area (Å²) in [5.41, 5.74) is -0.511. The molecule has 0 bridgehead atoms. The van der Waals surface area contributed by atoms with Gasteiger partial charge in [0, 0.05) is 6.54 Å². The second kappa shape index (κ2) is 5.21. The van der Waals surface area contributed by atoms with Gasteiger partial charge in [-0.2, -0.15) is 0 Å². The highest BCUT2D eigenvalue weighted by Crippen LogP contribution is 2.15. The minimum Gasteiger partial charge on any atom is -0.516 e.